The van der Waals surface area contributed by atoms with E-state index < -0.39 is 12.0 Å². The molecule has 2 N–H and O–H groups in total. The summed E-state index contributed by atoms with van der Waals surface area (Å²) in [5, 5.41) is 23.0. The molecule has 1 atom stereocenters. The predicted octanol–water partition coefficient (Wildman–Crippen LogP) is -0.686. The number of carbonyl (C=O) groups is 2. The average molecular weight is 374 g/mol. The van der Waals surface area contributed by atoms with E-state index in [0.717, 1.165) is 24.8 Å². The van der Waals surface area contributed by atoms with E-state index in [1.807, 2.05) is 0 Å². The number of hydrogen-bond acceptors (Lipinski definition) is 4. The van der Waals surface area contributed by atoms with Crippen LogP contribution < -0.4 is 61.8 Å². The largest absolute Gasteiger partial charge is 1.00 e. The van der Waals surface area contributed by atoms with Crippen LogP contribution in [0.2, 0.25) is 0 Å². The van der Waals surface area contributed by atoms with Crippen molar-refractivity contribution in [1.29, 1.82) is 0 Å². The van der Waals surface area contributed by atoms with Crippen LogP contribution in [-0.4, -0.2) is 23.0 Å². The van der Waals surface area contributed by atoms with Crippen molar-refractivity contribution < 1.29 is 71.2 Å². The van der Waals surface area contributed by atoms with Gasteiger partial charge in [-0.25, -0.2) is 0 Å². The van der Waals surface area contributed by atoms with Gasteiger partial charge in [0.2, 0.25) is 5.91 Å². The fraction of sp³-hybridized carbons (Fsp3) is 0.579. The number of rotatable bonds is 12. The van der Waals surface area contributed by atoms with E-state index in [4.69, 9.17) is 0 Å². The Labute approximate surface area is 193 Å². The van der Waals surface area contributed by atoms with E-state index in [1.54, 1.807) is 12.1 Å². The van der Waals surface area contributed by atoms with Crippen molar-refractivity contribution in [2.75, 3.05) is 0 Å². The SMILES string of the molecule is CCCCCCCCCC(=O)N[C@@H](Cc1ccc(O)cc1)C(=O)[O-].[K+]. The zero-order valence-corrected chi connectivity index (χ0v) is 18.5. The molecule has 6 heteroatoms. The number of carboxylic acid groups (broad SMARTS) is 1. The summed E-state index contributed by atoms with van der Waals surface area (Å²) in [5.41, 5.74) is 0.721. The van der Waals surface area contributed by atoms with Gasteiger partial charge in [0.15, 0.2) is 0 Å². The molecule has 0 radical (unpaired) electrons. The Morgan fingerprint density at radius 3 is 2.16 bits per heavy atom. The van der Waals surface area contributed by atoms with Crippen LogP contribution in [0.25, 0.3) is 0 Å². The molecule has 134 valence electrons. The summed E-state index contributed by atoms with van der Waals surface area (Å²) in [4.78, 5) is 23.1. The second-order valence-corrected chi connectivity index (χ2v) is 6.18. The molecule has 1 aromatic rings. The standard InChI is InChI=1S/C19H29NO4.K/c1-2-3-4-5-6-7-8-9-18(22)20-17(19(23)24)14-15-10-12-16(21)13-11-15;/h10-13,17,21H,2-9,14H2,1H3,(H,20,22)(H,23,24);/q;+1/p-1/t17-;/m0./s1. The molecule has 0 aliphatic carbocycles. The number of amides is 1. The molecule has 5 nitrogen and oxygen atoms in total. The molecule has 0 unspecified atom stereocenters. The van der Waals surface area contributed by atoms with E-state index >= 15 is 0 Å². The van der Waals surface area contributed by atoms with Crippen LogP contribution in [0.4, 0.5) is 0 Å². The molecule has 0 aromatic heterocycles. The van der Waals surface area contributed by atoms with E-state index in [1.165, 1.54) is 37.8 Å². The molecule has 1 amide bonds. The number of phenolic OH excluding ortho intramolecular Hbond substituents is 1. The van der Waals surface area contributed by atoms with Crippen molar-refractivity contribution in [1.82, 2.24) is 5.32 Å². The molecule has 1 rings (SSSR count). The van der Waals surface area contributed by atoms with Crippen LogP contribution in [0.3, 0.4) is 0 Å². The molecule has 0 saturated carbocycles. The Morgan fingerprint density at radius 2 is 1.60 bits per heavy atom. The normalized spacial score (nSPS) is 11.4. The molecule has 0 spiro atoms. The number of phenols is 1. The number of benzene rings is 1. The number of nitrogens with one attached hydrogen (secondary N) is 1. The smallest absolute Gasteiger partial charge is 0.548 e. The Balaban J connectivity index is 0.00000576. The monoisotopic (exact) mass is 373 g/mol. The van der Waals surface area contributed by atoms with Crippen molar-refractivity contribution in [2.45, 2.75) is 70.8 Å². The second-order valence-electron chi connectivity index (χ2n) is 6.18. The minimum Gasteiger partial charge on any atom is -0.548 e. The van der Waals surface area contributed by atoms with Crippen molar-refractivity contribution >= 4 is 11.9 Å². The molecular weight excluding hydrogens is 345 g/mol. The Hall–Kier alpha value is -0.404. The van der Waals surface area contributed by atoms with Crippen molar-refractivity contribution in [3.63, 3.8) is 0 Å². The third-order valence-electron chi connectivity index (χ3n) is 4.00. The molecule has 0 saturated heterocycles. The van der Waals surface area contributed by atoms with Crippen LogP contribution in [0.1, 0.15) is 63.9 Å². The van der Waals surface area contributed by atoms with Gasteiger partial charge in [0, 0.05) is 6.42 Å². The molecule has 1 aromatic carbocycles. The third kappa shape index (κ3) is 11.8. The van der Waals surface area contributed by atoms with E-state index in [9.17, 15) is 19.8 Å². The van der Waals surface area contributed by atoms with Crippen LogP contribution in [0.5, 0.6) is 5.75 Å². The van der Waals surface area contributed by atoms with E-state index in [-0.39, 0.29) is 69.5 Å². The maximum atomic E-state index is 11.9. The van der Waals surface area contributed by atoms with Crippen LogP contribution in [-0.2, 0) is 16.0 Å². The minimum atomic E-state index is -1.30. The quantitative estimate of drug-likeness (QED) is 0.375. The van der Waals surface area contributed by atoms with Crippen molar-refractivity contribution in [3.05, 3.63) is 29.8 Å². The Morgan fingerprint density at radius 1 is 1.04 bits per heavy atom. The van der Waals surface area contributed by atoms with Gasteiger partial charge in [-0.1, -0.05) is 57.6 Å². The summed E-state index contributed by atoms with van der Waals surface area (Å²) in [6.07, 6.45) is 8.27. The fourth-order valence-electron chi connectivity index (χ4n) is 2.57. The summed E-state index contributed by atoms with van der Waals surface area (Å²) in [6, 6.07) is 5.19. The first-order valence-electron chi connectivity index (χ1n) is 8.81. The van der Waals surface area contributed by atoms with Crippen LogP contribution >= 0.6 is 0 Å². The minimum absolute atomic E-state index is 0. The second kappa shape index (κ2) is 14.7. The zero-order valence-electron chi connectivity index (χ0n) is 15.4. The maximum Gasteiger partial charge on any atom is 1.00 e. The summed E-state index contributed by atoms with van der Waals surface area (Å²) in [6.45, 7) is 2.18. The Bertz CT molecular complexity index is 505. The Kier molecular flexibility index (Phi) is 14.5. The van der Waals surface area contributed by atoms with Gasteiger partial charge in [-0.15, -0.1) is 0 Å². The molecule has 0 heterocycles. The number of hydrogen-bond donors (Lipinski definition) is 2. The first-order chi connectivity index (χ1) is 11.5. The summed E-state index contributed by atoms with van der Waals surface area (Å²) < 4.78 is 0. The first kappa shape index (κ1) is 24.6. The predicted molar refractivity (Wildman–Crippen MR) is 91.4 cm³/mol. The first-order valence-corrected chi connectivity index (χ1v) is 8.81. The average Bonchev–Trinajstić information content (AvgIpc) is 2.55. The van der Waals surface area contributed by atoms with Crippen molar-refractivity contribution in [3.8, 4) is 5.75 Å². The number of carbonyl (C=O) groups excluding carboxylic acids is 2. The van der Waals surface area contributed by atoms with Gasteiger partial charge in [-0.05, 0) is 30.5 Å². The van der Waals surface area contributed by atoms with Gasteiger partial charge >= 0.3 is 51.4 Å². The van der Waals surface area contributed by atoms with E-state index in [2.05, 4.69) is 12.2 Å². The number of aliphatic carboxylic acids is 1. The molecule has 0 bridgehead atoms. The molecule has 0 aliphatic heterocycles. The van der Waals surface area contributed by atoms with Crippen LogP contribution in [0.15, 0.2) is 24.3 Å². The molecule has 0 fully saturated rings. The van der Waals surface area contributed by atoms with Crippen molar-refractivity contribution in [2.24, 2.45) is 0 Å². The maximum absolute atomic E-state index is 11.9. The van der Waals surface area contributed by atoms with Gasteiger partial charge in [0.05, 0.1) is 12.0 Å². The number of aromatic hydroxyl groups is 1. The summed E-state index contributed by atoms with van der Waals surface area (Å²) >= 11 is 0. The van der Waals surface area contributed by atoms with Gasteiger partial charge in [0.25, 0.3) is 0 Å². The summed E-state index contributed by atoms with van der Waals surface area (Å²) in [7, 11) is 0. The number of unbranched alkanes of at least 4 members (excludes halogenated alkanes) is 6. The van der Waals surface area contributed by atoms with Crippen LogP contribution in [0, 0.1) is 0 Å². The van der Waals surface area contributed by atoms with Gasteiger partial charge in [-0.2, -0.15) is 0 Å². The zero-order chi connectivity index (χ0) is 17.8. The van der Waals surface area contributed by atoms with Gasteiger partial charge in [-0.3, -0.25) is 4.79 Å². The molecular formula is C19H28KNO4. The fourth-order valence-corrected chi connectivity index (χ4v) is 2.57. The molecule has 0 aliphatic rings. The third-order valence-corrected chi connectivity index (χ3v) is 4.00. The van der Waals surface area contributed by atoms with E-state index in [0.29, 0.717) is 6.42 Å². The van der Waals surface area contributed by atoms with Gasteiger partial charge < -0.3 is 20.3 Å². The van der Waals surface area contributed by atoms with Gasteiger partial charge in [0.1, 0.15) is 5.75 Å². The topological polar surface area (TPSA) is 89.5 Å². The number of carboxylic acids is 1. The summed E-state index contributed by atoms with van der Waals surface area (Å²) in [5.74, 6) is -1.43. The molecule has 25 heavy (non-hydrogen) atoms.